The Kier molecular flexibility index (Phi) is 37.4. The highest BCUT2D eigenvalue weighted by atomic mass is 16.7. The molecule has 7 nitrogen and oxygen atoms in total. The van der Waals surface area contributed by atoms with Gasteiger partial charge in [0.05, 0.1) is 6.61 Å². The Labute approximate surface area is 318 Å². The van der Waals surface area contributed by atoms with Crippen LogP contribution in [0.1, 0.15) is 208 Å². The maximum atomic E-state index is 12.6. The van der Waals surface area contributed by atoms with Crippen molar-refractivity contribution in [3.8, 4) is 0 Å². The fourth-order valence-corrected chi connectivity index (χ4v) is 6.98. The summed E-state index contributed by atoms with van der Waals surface area (Å²) in [6.07, 6.45) is 29.5. The highest BCUT2D eigenvalue weighted by Gasteiger charge is 2.17. The van der Waals surface area contributed by atoms with Crippen LogP contribution in [0.2, 0.25) is 0 Å². The molecular formula is C44H88N2O5. The molecule has 0 heterocycles. The number of carbonyl (C=O) groups is 2. The third-order valence-corrected chi connectivity index (χ3v) is 10.5. The van der Waals surface area contributed by atoms with Crippen molar-refractivity contribution >= 4 is 12.1 Å². The minimum Gasteiger partial charge on any atom is -0.465 e. The molecule has 2 unspecified atom stereocenters. The zero-order valence-electron chi connectivity index (χ0n) is 35.1. The number of esters is 1. The molecule has 0 aliphatic heterocycles. The minimum absolute atomic E-state index is 0.0100. The predicted octanol–water partition coefficient (Wildman–Crippen LogP) is 12.5. The Balaban J connectivity index is 4.36. The number of nitrogens with zero attached hydrogens (tertiary/aromatic N) is 2. The Morgan fingerprint density at radius 3 is 1.47 bits per heavy atom. The van der Waals surface area contributed by atoms with Gasteiger partial charge in [-0.05, 0) is 76.9 Å². The molecule has 0 saturated carbocycles. The number of hydrogen-bond acceptors (Lipinski definition) is 7. The monoisotopic (exact) mass is 725 g/mol. The van der Waals surface area contributed by atoms with E-state index >= 15 is 0 Å². The van der Waals surface area contributed by atoms with E-state index in [0.717, 1.165) is 103 Å². The molecule has 0 aliphatic carbocycles. The first-order valence-corrected chi connectivity index (χ1v) is 22.4. The number of likely N-dealkylation sites (N-methyl/N-ethyl adjacent to an activating group) is 1. The van der Waals surface area contributed by atoms with Crippen LogP contribution in [-0.4, -0.2) is 80.5 Å². The Morgan fingerprint density at radius 1 is 0.471 bits per heavy atom. The zero-order valence-corrected chi connectivity index (χ0v) is 35.1. The quantitative estimate of drug-likeness (QED) is 0.0462. The maximum absolute atomic E-state index is 12.6. The van der Waals surface area contributed by atoms with E-state index in [4.69, 9.17) is 14.2 Å². The molecule has 0 N–H and O–H groups in total. The molecule has 0 bridgehead atoms. The van der Waals surface area contributed by atoms with E-state index in [2.05, 4.69) is 51.3 Å². The van der Waals surface area contributed by atoms with Crippen molar-refractivity contribution in [2.75, 3.05) is 52.5 Å². The van der Waals surface area contributed by atoms with Gasteiger partial charge in [0, 0.05) is 26.1 Å². The van der Waals surface area contributed by atoms with Crippen LogP contribution in [0, 0.1) is 5.92 Å². The molecule has 51 heavy (non-hydrogen) atoms. The maximum Gasteiger partial charge on any atom is 0.508 e. The summed E-state index contributed by atoms with van der Waals surface area (Å²) in [5.41, 5.74) is 0. The summed E-state index contributed by atoms with van der Waals surface area (Å²) in [7, 11) is 0. The van der Waals surface area contributed by atoms with Gasteiger partial charge in [0.1, 0.15) is 12.7 Å². The van der Waals surface area contributed by atoms with Crippen LogP contribution in [0.4, 0.5) is 4.79 Å². The Morgan fingerprint density at radius 2 is 0.941 bits per heavy atom. The number of rotatable bonds is 39. The molecule has 304 valence electrons. The van der Waals surface area contributed by atoms with Gasteiger partial charge in [0.15, 0.2) is 0 Å². The SMILES string of the molecule is CCCCCCCCC(CCCCCC)COC(=O)CCCCCCCCC(CCCCCC)OC(=O)OCCN(CCC)CCN(CC)CC. The third kappa shape index (κ3) is 33.0. The summed E-state index contributed by atoms with van der Waals surface area (Å²) in [4.78, 5) is 30.0. The van der Waals surface area contributed by atoms with Crippen molar-refractivity contribution in [1.82, 2.24) is 9.80 Å². The number of ether oxygens (including phenoxy) is 3. The number of hydrogen-bond donors (Lipinski definition) is 0. The van der Waals surface area contributed by atoms with Crippen molar-refractivity contribution in [2.45, 2.75) is 215 Å². The summed E-state index contributed by atoms with van der Waals surface area (Å²) < 4.78 is 17.2. The molecule has 0 saturated heterocycles. The van der Waals surface area contributed by atoms with Gasteiger partial charge in [-0.2, -0.15) is 0 Å². The highest BCUT2D eigenvalue weighted by Crippen LogP contribution is 2.21. The van der Waals surface area contributed by atoms with Crippen LogP contribution in [0.3, 0.4) is 0 Å². The minimum atomic E-state index is -0.507. The number of unbranched alkanes of at least 4 members (excludes halogenated alkanes) is 16. The molecule has 7 heteroatoms. The first-order chi connectivity index (χ1) is 24.9. The predicted molar refractivity (Wildman–Crippen MR) is 218 cm³/mol. The highest BCUT2D eigenvalue weighted by molar-refractivity contribution is 5.69. The van der Waals surface area contributed by atoms with Gasteiger partial charge in [0.2, 0.25) is 0 Å². The van der Waals surface area contributed by atoms with Crippen LogP contribution in [0.15, 0.2) is 0 Å². The number of carbonyl (C=O) groups excluding carboxylic acids is 2. The fourth-order valence-electron chi connectivity index (χ4n) is 6.98. The Hall–Kier alpha value is -1.34. The van der Waals surface area contributed by atoms with Crippen LogP contribution in [0.5, 0.6) is 0 Å². The van der Waals surface area contributed by atoms with Gasteiger partial charge >= 0.3 is 12.1 Å². The molecular weight excluding hydrogens is 636 g/mol. The van der Waals surface area contributed by atoms with E-state index in [1.54, 1.807) is 0 Å². The largest absolute Gasteiger partial charge is 0.508 e. The lowest BCUT2D eigenvalue weighted by Gasteiger charge is -2.26. The standard InChI is InChI=1S/C44H88N2O5/c1-7-13-16-19-22-26-31-41(30-25-17-14-8-2)40-50-43(47)34-29-24-21-20-23-28-33-42(32-27-18-15-9-3)51-44(48)49-39-38-46(35-10-4)37-36-45(11-5)12-6/h41-42H,7-40H2,1-6H3. The summed E-state index contributed by atoms with van der Waals surface area (Å²) in [6, 6.07) is 0. The summed E-state index contributed by atoms with van der Waals surface area (Å²) in [6.45, 7) is 20.3. The molecule has 0 rings (SSSR count). The van der Waals surface area contributed by atoms with Crippen molar-refractivity contribution < 1.29 is 23.8 Å². The van der Waals surface area contributed by atoms with Crippen LogP contribution < -0.4 is 0 Å². The van der Waals surface area contributed by atoms with Crippen molar-refractivity contribution in [1.29, 1.82) is 0 Å². The molecule has 0 amide bonds. The van der Waals surface area contributed by atoms with Gasteiger partial charge < -0.3 is 19.1 Å². The molecule has 2 atom stereocenters. The summed E-state index contributed by atoms with van der Waals surface area (Å²) in [5, 5.41) is 0. The average Bonchev–Trinajstić information content (AvgIpc) is 3.13. The summed E-state index contributed by atoms with van der Waals surface area (Å²) in [5.74, 6) is 0.520. The van der Waals surface area contributed by atoms with E-state index in [1.165, 1.54) is 96.3 Å². The van der Waals surface area contributed by atoms with Crippen molar-refractivity contribution in [3.63, 3.8) is 0 Å². The summed E-state index contributed by atoms with van der Waals surface area (Å²) >= 11 is 0. The van der Waals surface area contributed by atoms with E-state index in [0.29, 0.717) is 25.6 Å². The normalized spacial score (nSPS) is 12.8. The molecule has 0 radical (unpaired) electrons. The molecule has 0 fully saturated rings. The molecule has 0 aliphatic rings. The second-order valence-electron chi connectivity index (χ2n) is 15.2. The van der Waals surface area contributed by atoms with E-state index < -0.39 is 6.16 Å². The van der Waals surface area contributed by atoms with Gasteiger partial charge in [0.25, 0.3) is 0 Å². The lowest BCUT2D eigenvalue weighted by molar-refractivity contribution is -0.145. The second-order valence-corrected chi connectivity index (χ2v) is 15.2. The van der Waals surface area contributed by atoms with Crippen molar-refractivity contribution in [3.05, 3.63) is 0 Å². The van der Waals surface area contributed by atoms with Crippen molar-refractivity contribution in [2.24, 2.45) is 5.92 Å². The lowest BCUT2D eigenvalue weighted by Crippen LogP contribution is -2.37. The molecule has 0 aromatic carbocycles. The topological polar surface area (TPSA) is 68.3 Å². The molecule has 0 aromatic heterocycles. The van der Waals surface area contributed by atoms with Gasteiger partial charge in [-0.25, -0.2) is 4.79 Å². The van der Waals surface area contributed by atoms with E-state index in [-0.39, 0.29) is 12.1 Å². The second kappa shape index (κ2) is 38.4. The third-order valence-electron chi connectivity index (χ3n) is 10.5. The van der Waals surface area contributed by atoms with E-state index in [1.807, 2.05) is 0 Å². The Bertz CT molecular complexity index is 747. The fraction of sp³-hybridized carbons (Fsp3) is 0.955. The van der Waals surface area contributed by atoms with Gasteiger partial charge in [-0.15, -0.1) is 0 Å². The first-order valence-electron chi connectivity index (χ1n) is 22.4. The van der Waals surface area contributed by atoms with Crippen LogP contribution in [-0.2, 0) is 19.0 Å². The van der Waals surface area contributed by atoms with Crippen LogP contribution in [0.25, 0.3) is 0 Å². The molecule has 0 aromatic rings. The zero-order chi connectivity index (χ0) is 37.6. The molecule has 0 spiro atoms. The van der Waals surface area contributed by atoms with E-state index in [9.17, 15) is 9.59 Å². The average molecular weight is 725 g/mol. The lowest BCUT2D eigenvalue weighted by atomic mass is 9.95. The van der Waals surface area contributed by atoms with Gasteiger partial charge in [-0.3, -0.25) is 9.69 Å². The van der Waals surface area contributed by atoms with Gasteiger partial charge in [-0.1, -0.05) is 151 Å². The van der Waals surface area contributed by atoms with Crippen LogP contribution >= 0.6 is 0 Å². The first kappa shape index (κ1) is 49.7. The smallest absolute Gasteiger partial charge is 0.465 e.